The topological polar surface area (TPSA) is 236 Å². The Kier molecular flexibility index (Phi) is 12.6. The van der Waals surface area contributed by atoms with Crippen LogP contribution in [0.25, 0.3) is 0 Å². The maximum atomic E-state index is 13.5. The summed E-state index contributed by atoms with van der Waals surface area (Å²) in [5, 5.41) is 11.3. The SMILES string of the molecule is NC(N)=NCCCC(N)C(=O)NCCc1ccc(NC(=O)c2ccc(NC(=O)c3ccc(CN(C(=O)c4ccc5c(c4)OCC(=O)N5)C4CC4)cc3)cc2)cc1. The summed E-state index contributed by atoms with van der Waals surface area (Å²) < 4.78 is 5.50. The summed E-state index contributed by atoms with van der Waals surface area (Å²) in [6.07, 6.45) is 3.50. The molecule has 15 heteroatoms. The molecule has 10 N–H and O–H groups in total. The van der Waals surface area contributed by atoms with Crippen LogP contribution in [0.5, 0.6) is 5.75 Å². The van der Waals surface area contributed by atoms with Gasteiger partial charge in [-0.1, -0.05) is 24.3 Å². The summed E-state index contributed by atoms with van der Waals surface area (Å²) in [6, 6.07) is 25.5. The second-order valence-electron chi connectivity index (χ2n) is 13.7. The zero-order chi connectivity index (χ0) is 39.6. The fraction of sp³-hybridized carbons (Fsp3) is 0.268. The van der Waals surface area contributed by atoms with Crippen LogP contribution in [0.4, 0.5) is 17.1 Å². The molecule has 0 bridgehead atoms. The van der Waals surface area contributed by atoms with Crippen molar-refractivity contribution < 1.29 is 28.7 Å². The van der Waals surface area contributed by atoms with Crippen LogP contribution in [-0.4, -0.2) is 72.2 Å². The van der Waals surface area contributed by atoms with Crippen molar-refractivity contribution in [1.29, 1.82) is 0 Å². The van der Waals surface area contributed by atoms with Gasteiger partial charge in [0.15, 0.2) is 12.6 Å². The molecular formula is C41H45N9O6. The quantitative estimate of drug-likeness (QED) is 0.0503. The molecule has 1 atom stereocenters. The van der Waals surface area contributed by atoms with Crippen LogP contribution in [-0.2, 0) is 22.6 Å². The summed E-state index contributed by atoms with van der Waals surface area (Å²) in [6.45, 7) is 1.13. The van der Waals surface area contributed by atoms with Crippen LogP contribution in [0.3, 0.4) is 0 Å². The Morgan fingerprint density at radius 3 is 2.04 bits per heavy atom. The number of rotatable bonds is 16. The first kappa shape index (κ1) is 39.0. The Morgan fingerprint density at radius 1 is 0.821 bits per heavy atom. The van der Waals surface area contributed by atoms with Gasteiger partial charge in [0, 0.05) is 53.7 Å². The predicted octanol–water partition coefficient (Wildman–Crippen LogP) is 3.37. The lowest BCUT2D eigenvalue weighted by molar-refractivity contribution is -0.122. The fourth-order valence-corrected chi connectivity index (χ4v) is 6.06. The van der Waals surface area contributed by atoms with Gasteiger partial charge in [-0.15, -0.1) is 0 Å². The van der Waals surface area contributed by atoms with Gasteiger partial charge in [-0.25, -0.2) is 0 Å². The van der Waals surface area contributed by atoms with E-state index in [0.29, 0.717) is 78.4 Å². The lowest BCUT2D eigenvalue weighted by Gasteiger charge is -2.24. The van der Waals surface area contributed by atoms with Crippen molar-refractivity contribution in [2.75, 3.05) is 35.6 Å². The van der Waals surface area contributed by atoms with Crippen LogP contribution in [0.15, 0.2) is 96.0 Å². The van der Waals surface area contributed by atoms with E-state index in [1.807, 2.05) is 29.2 Å². The maximum absolute atomic E-state index is 13.5. The highest BCUT2D eigenvalue weighted by Crippen LogP contribution is 2.33. The zero-order valence-corrected chi connectivity index (χ0v) is 30.8. The molecule has 2 aliphatic rings. The number of nitrogens with two attached hydrogens (primary N) is 3. The first-order valence-corrected chi connectivity index (χ1v) is 18.4. The maximum Gasteiger partial charge on any atom is 0.262 e. The van der Waals surface area contributed by atoms with E-state index in [1.165, 1.54) is 0 Å². The lowest BCUT2D eigenvalue weighted by atomic mass is 10.1. The molecule has 1 aliphatic carbocycles. The Labute approximate surface area is 324 Å². The smallest absolute Gasteiger partial charge is 0.262 e. The van der Waals surface area contributed by atoms with Crippen LogP contribution in [0.1, 0.15) is 67.9 Å². The van der Waals surface area contributed by atoms with E-state index in [0.717, 1.165) is 24.0 Å². The molecule has 1 saturated carbocycles. The number of hydrogen-bond acceptors (Lipinski definition) is 8. The van der Waals surface area contributed by atoms with Gasteiger partial charge in [0.2, 0.25) is 5.91 Å². The van der Waals surface area contributed by atoms with Crippen molar-refractivity contribution in [3.8, 4) is 5.75 Å². The van der Waals surface area contributed by atoms with Gasteiger partial charge in [-0.2, -0.15) is 0 Å². The second-order valence-corrected chi connectivity index (χ2v) is 13.7. The van der Waals surface area contributed by atoms with Crippen LogP contribution < -0.4 is 43.2 Å². The number of ether oxygens (including phenoxy) is 1. The number of benzene rings is 4. The molecule has 0 aromatic heterocycles. The largest absolute Gasteiger partial charge is 0.482 e. The molecule has 0 spiro atoms. The molecule has 0 radical (unpaired) electrons. The van der Waals surface area contributed by atoms with E-state index < -0.39 is 6.04 Å². The average molecular weight is 760 g/mol. The zero-order valence-electron chi connectivity index (χ0n) is 30.8. The normalized spacial score (nSPS) is 13.6. The van der Waals surface area contributed by atoms with Crippen molar-refractivity contribution in [1.82, 2.24) is 10.2 Å². The summed E-state index contributed by atoms with van der Waals surface area (Å²) in [5.41, 5.74) is 21.4. The van der Waals surface area contributed by atoms with Crippen LogP contribution >= 0.6 is 0 Å². The molecule has 6 rings (SSSR count). The third-order valence-electron chi connectivity index (χ3n) is 9.31. The summed E-state index contributed by atoms with van der Waals surface area (Å²) >= 11 is 0. The average Bonchev–Trinajstić information content (AvgIpc) is 4.05. The first-order valence-electron chi connectivity index (χ1n) is 18.4. The van der Waals surface area contributed by atoms with Gasteiger partial charge in [0.25, 0.3) is 23.6 Å². The predicted molar refractivity (Wildman–Crippen MR) is 213 cm³/mol. The molecule has 0 saturated heterocycles. The van der Waals surface area contributed by atoms with Gasteiger partial charge in [-0.05, 0) is 110 Å². The minimum atomic E-state index is -0.641. The number of anilines is 3. The molecule has 4 aromatic carbocycles. The number of guanidine groups is 1. The van der Waals surface area contributed by atoms with E-state index in [-0.39, 0.29) is 48.1 Å². The van der Waals surface area contributed by atoms with Gasteiger partial charge < -0.3 is 48.1 Å². The molecule has 4 aromatic rings. The van der Waals surface area contributed by atoms with Gasteiger partial charge >= 0.3 is 0 Å². The van der Waals surface area contributed by atoms with Gasteiger partial charge in [0.1, 0.15) is 5.75 Å². The number of fused-ring (bicyclic) bond motifs is 1. The molecule has 1 heterocycles. The van der Waals surface area contributed by atoms with E-state index in [9.17, 15) is 24.0 Å². The molecule has 1 fully saturated rings. The highest BCUT2D eigenvalue weighted by atomic mass is 16.5. The molecule has 15 nitrogen and oxygen atoms in total. The van der Waals surface area contributed by atoms with E-state index in [4.69, 9.17) is 21.9 Å². The monoisotopic (exact) mass is 759 g/mol. The standard InChI is InChI=1S/C41H45N9O6/c42-33(2-1-20-46-41(43)44)39(54)45-21-19-25-5-12-30(13-6-25)47-38(53)28-9-14-31(15-10-28)48-37(52)27-7-3-26(4-8-27)23-50(32-16-17-32)40(55)29-11-18-34-35(22-29)56-24-36(51)49-34/h3-15,18,22,32-33H,1-2,16-17,19-21,23-24,42H2,(H,45,54)(H,47,53)(H,48,52)(H,49,51)(H4,43,44,46). The molecular weight excluding hydrogens is 715 g/mol. The second kappa shape index (κ2) is 18.1. The first-order chi connectivity index (χ1) is 27.0. The Bertz CT molecular complexity index is 2100. The molecule has 1 aliphatic heterocycles. The van der Waals surface area contributed by atoms with Crippen LogP contribution in [0, 0.1) is 0 Å². The van der Waals surface area contributed by atoms with Gasteiger partial charge in [0.05, 0.1) is 11.7 Å². The molecule has 290 valence electrons. The Hall–Kier alpha value is -6.74. The van der Waals surface area contributed by atoms with Crippen LogP contribution in [0.2, 0.25) is 0 Å². The van der Waals surface area contributed by atoms with Crippen molar-refractivity contribution >= 4 is 52.6 Å². The Balaban J connectivity index is 0.945. The van der Waals surface area contributed by atoms with Gasteiger partial charge in [-0.3, -0.25) is 29.0 Å². The summed E-state index contributed by atoms with van der Waals surface area (Å²) in [5.74, 6) is -0.739. The number of nitrogens with one attached hydrogen (secondary N) is 4. The van der Waals surface area contributed by atoms with Crippen molar-refractivity contribution in [2.24, 2.45) is 22.2 Å². The third kappa shape index (κ3) is 10.7. The van der Waals surface area contributed by atoms with Crippen molar-refractivity contribution in [3.63, 3.8) is 0 Å². The number of carbonyl (C=O) groups excluding carboxylic acids is 5. The van der Waals surface area contributed by atoms with Crippen molar-refractivity contribution in [3.05, 3.63) is 119 Å². The highest BCUT2D eigenvalue weighted by Gasteiger charge is 2.33. The Morgan fingerprint density at radius 2 is 1.41 bits per heavy atom. The highest BCUT2D eigenvalue weighted by molar-refractivity contribution is 6.06. The number of carbonyl (C=O) groups is 5. The lowest BCUT2D eigenvalue weighted by Crippen LogP contribution is -2.41. The van der Waals surface area contributed by atoms with E-state index >= 15 is 0 Å². The number of amides is 5. The minimum absolute atomic E-state index is 0.00970. The summed E-state index contributed by atoms with van der Waals surface area (Å²) in [7, 11) is 0. The minimum Gasteiger partial charge on any atom is -0.482 e. The van der Waals surface area contributed by atoms with E-state index in [2.05, 4.69) is 26.3 Å². The molecule has 1 unspecified atom stereocenters. The van der Waals surface area contributed by atoms with Crippen molar-refractivity contribution in [2.45, 2.75) is 50.7 Å². The van der Waals surface area contributed by atoms with E-state index in [1.54, 1.807) is 66.7 Å². The number of aliphatic imine (C=N–C) groups is 1. The molecule has 56 heavy (non-hydrogen) atoms. The number of nitrogens with zero attached hydrogens (tertiary/aromatic N) is 2. The number of hydrogen-bond donors (Lipinski definition) is 7. The fourth-order valence-electron chi connectivity index (χ4n) is 6.06. The molecule has 5 amide bonds. The summed E-state index contributed by atoms with van der Waals surface area (Å²) in [4.78, 5) is 69.0. The third-order valence-corrected chi connectivity index (χ3v) is 9.31.